The van der Waals surface area contributed by atoms with Crippen LogP contribution in [0.4, 0.5) is 4.79 Å². The normalized spacial score (nSPS) is 17.1. The number of benzene rings is 2. The molecule has 3 amide bonds. The molecule has 2 aliphatic heterocycles. The molecule has 0 aromatic heterocycles. The minimum Gasteiger partial charge on any atom is -0.468 e. The number of hydrogen-bond donors (Lipinski definition) is 1. The van der Waals surface area contributed by atoms with E-state index in [0.717, 1.165) is 25.2 Å². The molecule has 1 atom stereocenters. The molecule has 1 saturated heterocycles. The number of ether oxygens (including phenoxy) is 1. The van der Waals surface area contributed by atoms with Crippen LogP contribution in [0, 0.1) is 0 Å². The van der Waals surface area contributed by atoms with Crippen molar-refractivity contribution in [2.45, 2.75) is 79.3 Å². The second-order valence-electron chi connectivity index (χ2n) is 9.80. The van der Waals surface area contributed by atoms with Crippen molar-refractivity contribution in [1.29, 1.82) is 0 Å². The topological polar surface area (TPSA) is 94.5 Å². The maximum absolute atomic E-state index is 13.3. The molecule has 1 unspecified atom stereocenters. The minimum atomic E-state index is -0.791. The standard InChI is InChI=1S/C29H34BN5O4.3C2H6/c1-21-32-27(30)35(25(34(21)22(2)36)23-11-6-4-7-12-23)28(38)31-17-10-18-33-19-15-29(16-20-33,26(37)39-3)24-13-8-5-9-14-24;3*1-2/h4-9,11-14,25H,1,10,15-20H2,2-3H3,(H,31,38);3*1-2H3. The van der Waals surface area contributed by atoms with Gasteiger partial charge in [0.05, 0.1) is 18.3 Å². The Morgan fingerprint density at radius 2 is 1.47 bits per heavy atom. The Morgan fingerprint density at radius 3 is 1.98 bits per heavy atom. The van der Waals surface area contributed by atoms with Crippen LogP contribution in [0.3, 0.4) is 0 Å². The number of esters is 1. The van der Waals surface area contributed by atoms with Crippen LogP contribution in [0.25, 0.3) is 0 Å². The molecule has 0 spiro atoms. The molecule has 2 aromatic rings. The molecule has 2 radical (unpaired) electrons. The molecule has 0 aliphatic carbocycles. The zero-order valence-corrected chi connectivity index (χ0v) is 28.5. The van der Waals surface area contributed by atoms with E-state index in [1.807, 2.05) is 102 Å². The first-order chi connectivity index (χ1) is 21.8. The summed E-state index contributed by atoms with van der Waals surface area (Å²) in [6.45, 7) is 19.9. The monoisotopic (exact) mass is 617 g/mol. The number of likely N-dealkylation sites (tertiary alicyclic amines) is 1. The molecule has 2 heterocycles. The summed E-state index contributed by atoms with van der Waals surface area (Å²) in [4.78, 5) is 47.6. The van der Waals surface area contributed by atoms with Crippen molar-refractivity contribution in [3.05, 3.63) is 84.2 Å². The number of methoxy groups -OCH3 is 1. The van der Waals surface area contributed by atoms with Crippen molar-refractivity contribution in [1.82, 2.24) is 20.0 Å². The molecule has 0 saturated carbocycles. The van der Waals surface area contributed by atoms with E-state index < -0.39 is 17.6 Å². The Kier molecular flexibility index (Phi) is 17.5. The first-order valence-corrected chi connectivity index (χ1v) is 16.1. The predicted octanol–water partition coefficient (Wildman–Crippen LogP) is 6.23. The number of aliphatic imine (C=N–C) groups is 1. The van der Waals surface area contributed by atoms with Gasteiger partial charge >= 0.3 is 12.0 Å². The van der Waals surface area contributed by atoms with Crippen LogP contribution < -0.4 is 5.32 Å². The number of rotatable bonds is 7. The van der Waals surface area contributed by atoms with E-state index in [2.05, 4.69) is 21.8 Å². The van der Waals surface area contributed by atoms with E-state index in [-0.39, 0.29) is 23.4 Å². The third-order valence-electron chi connectivity index (χ3n) is 7.45. The summed E-state index contributed by atoms with van der Waals surface area (Å²) in [7, 11) is 7.60. The van der Waals surface area contributed by atoms with Gasteiger partial charge in [-0.2, -0.15) is 0 Å². The van der Waals surface area contributed by atoms with Gasteiger partial charge in [-0.3, -0.25) is 19.4 Å². The van der Waals surface area contributed by atoms with Gasteiger partial charge in [0.25, 0.3) is 0 Å². The Hall–Kier alpha value is -3.92. The van der Waals surface area contributed by atoms with Gasteiger partial charge in [-0.1, -0.05) is 109 Å². The number of urea groups is 1. The first-order valence-electron chi connectivity index (χ1n) is 16.1. The molecule has 0 bridgehead atoms. The van der Waals surface area contributed by atoms with Crippen molar-refractivity contribution in [2.24, 2.45) is 4.99 Å². The molecule has 1 fully saturated rings. The fourth-order valence-corrected chi connectivity index (χ4v) is 5.42. The summed E-state index contributed by atoms with van der Waals surface area (Å²) in [5, 5.41) is 2.92. The number of carbonyl (C=O) groups excluding carboxylic acids is 3. The highest BCUT2D eigenvalue weighted by atomic mass is 16.5. The number of nitrogens with zero attached hydrogens (tertiary/aromatic N) is 4. The lowest BCUT2D eigenvalue weighted by atomic mass is 9.72. The zero-order chi connectivity index (χ0) is 34.0. The maximum atomic E-state index is 13.3. The lowest BCUT2D eigenvalue weighted by Gasteiger charge is -2.42. The van der Waals surface area contributed by atoms with Crippen molar-refractivity contribution in [2.75, 3.05) is 33.3 Å². The highest BCUT2D eigenvalue weighted by Gasteiger charge is 2.44. The van der Waals surface area contributed by atoms with Gasteiger partial charge in [0.1, 0.15) is 12.0 Å². The molecule has 2 aromatic carbocycles. The summed E-state index contributed by atoms with van der Waals surface area (Å²) >= 11 is 0. The second kappa shape index (κ2) is 20.2. The molecule has 4 rings (SSSR count). The van der Waals surface area contributed by atoms with Crippen LogP contribution in [0.2, 0.25) is 0 Å². The molecule has 9 nitrogen and oxygen atoms in total. The van der Waals surface area contributed by atoms with Crippen LogP contribution >= 0.6 is 0 Å². The first kappa shape index (κ1) is 39.1. The highest BCUT2D eigenvalue weighted by molar-refractivity contribution is 6.60. The van der Waals surface area contributed by atoms with Gasteiger partial charge in [-0.05, 0) is 50.0 Å². The van der Waals surface area contributed by atoms with Gasteiger partial charge in [0, 0.05) is 13.5 Å². The quantitative estimate of drug-likeness (QED) is 0.226. The maximum Gasteiger partial charge on any atom is 0.324 e. The summed E-state index contributed by atoms with van der Waals surface area (Å²) in [6, 6.07) is 18.5. The number of hydrogen-bond acceptors (Lipinski definition) is 6. The zero-order valence-electron chi connectivity index (χ0n) is 28.5. The summed E-state index contributed by atoms with van der Waals surface area (Å²) < 4.78 is 5.18. The fourth-order valence-electron chi connectivity index (χ4n) is 5.42. The van der Waals surface area contributed by atoms with Crippen molar-refractivity contribution >= 4 is 31.5 Å². The van der Waals surface area contributed by atoms with Gasteiger partial charge < -0.3 is 15.0 Å². The average Bonchev–Trinajstić information content (AvgIpc) is 3.09. The van der Waals surface area contributed by atoms with Crippen LogP contribution in [-0.4, -0.2) is 79.5 Å². The Bertz CT molecular complexity index is 1230. The molecule has 244 valence electrons. The smallest absolute Gasteiger partial charge is 0.324 e. The van der Waals surface area contributed by atoms with Crippen molar-refractivity contribution in [3.63, 3.8) is 0 Å². The van der Waals surface area contributed by atoms with E-state index in [0.29, 0.717) is 31.4 Å². The summed E-state index contributed by atoms with van der Waals surface area (Å²) in [6.07, 6.45) is 1.24. The number of carbonyl (C=O) groups is 3. The highest BCUT2D eigenvalue weighted by Crippen LogP contribution is 2.37. The number of nitrogens with one attached hydrogen (secondary N) is 1. The minimum absolute atomic E-state index is 0.0278. The molecule has 1 N–H and O–H groups in total. The van der Waals surface area contributed by atoms with Gasteiger partial charge in [0.15, 0.2) is 7.85 Å². The third kappa shape index (κ3) is 9.78. The van der Waals surface area contributed by atoms with Gasteiger partial charge in [-0.25, -0.2) is 9.79 Å². The van der Waals surface area contributed by atoms with Crippen LogP contribution in [0.1, 0.15) is 85.0 Å². The SMILES string of the molecule is CC.CC.CC.[B]C1=NC(=C)N(C(C)=O)C(c2ccccc2)N1C(=O)NCCCN1CCC(C(=O)OC)(c2ccccc2)CC1. The Balaban J connectivity index is 0.00000159. The van der Waals surface area contributed by atoms with Crippen molar-refractivity contribution in [3.8, 4) is 0 Å². The Morgan fingerprint density at radius 1 is 0.933 bits per heavy atom. The summed E-state index contributed by atoms with van der Waals surface area (Å²) in [5.74, 6) is -0.315. The summed E-state index contributed by atoms with van der Waals surface area (Å²) in [5.41, 5.74) is 1.03. The number of amides is 3. The second-order valence-corrected chi connectivity index (χ2v) is 9.80. The van der Waals surface area contributed by atoms with Gasteiger partial charge in [0.2, 0.25) is 5.91 Å². The lowest BCUT2D eigenvalue weighted by Crippen LogP contribution is -2.55. The van der Waals surface area contributed by atoms with Crippen LogP contribution in [0.15, 0.2) is 78.1 Å². The van der Waals surface area contributed by atoms with Crippen LogP contribution in [-0.2, 0) is 19.7 Å². The number of piperidine rings is 1. The lowest BCUT2D eigenvalue weighted by molar-refractivity contribution is -0.149. The third-order valence-corrected chi connectivity index (χ3v) is 7.45. The van der Waals surface area contributed by atoms with E-state index >= 15 is 0 Å². The largest absolute Gasteiger partial charge is 0.468 e. The molecular weight excluding hydrogens is 565 g/mol. The fraction of sp³-hybridized carbons (Fsp3) is 0.486. The van der Waals surface area contributed by atoms with E-state index in [1.165, 1.54) is 23.8 Å². The Labute approximate surface area is 272 Å². The molecular formula is C35H52BN5O4. The predicted molar refractivity (Wildman–Crippen MR) is 184 cm³/mol. The molecule has 2 aliphatic rings. The van der Waals surface area contributed by atoms with E-state index in [9.17, 15) is 14.4 Å². The average molecular weight is 618 g/mol. The number of amidine groups is 1. The molecule has 45 heavy (non-hydrogen) atoms. The van der Waals surface area contributed by atoms with Crippen molar-refractivity contribution < 1.29 is 19.1 Å². The molecule has 10 heteroatoms. The van der Waals surface area contributed by atoms with Crippen LogP contribution in [0.5, 0.6) is 0 Å². The van der Waals surface area contributed by atoms with E-state index in [4.69, 9.17) is 12.6 Å². The van der Waals surface area contributed by atoms with E-state index in [1.54, 1.807) is 0 Å². The van der Waals surface area contributed by atoms with Gasteiger partial charge in [-0.15, -0.1) is 0 Å².